The Kier molecular flexibility index (Phi) is 13.6. The first-order valence-corrected chi connectivity index (χ1v) is 8.24. The first-order chi connectivity index (χ1) is 11.2. The van der Waals surface area contributed by atoms with E-state index in [1.54, 1.807) is 13.3 Å². The van der Waals surface area contributed by atoms with Crippen LogP contribution in [0.25, 0.3) is 0 Å². The fraction of sp³-hybridized carbons (Fsp3) is 0.647. The summed E-state index contributed by atoms with van der Waals surface area (Å²) in [4.78, 5) is 8.67. The molecule has 0 aliphatic heterocycles. The minimum atomic E-state index is 0. The summed E-state index contributed by atoms with van der Waals surface area (Å²) in [5.41, 5.74) is 1.06. The van der Waals surface area contributed by atoms with E-state index < -0.39 is 0 Å². The zero-order valence-corrected chi connectivity index (χ0v) is 17.5. The Hall–Kier alpha value is -1.09. The van der Waals surface area contributed by atoms with Crippen molar-refractivity contribution in [2.45, 2.75) is 33.7 Å². The molecular formula is C17H31IN4O2. The van der Waals surface area contributed by atoms with E-state index in [2.05, 4.69) is 41.4 Å². The van der Waals surface area contributed by atoms with Gasteiger partial charge in [0, 0.05) is 38.6 Å². The van der Waals surface area contributed by atoms with Gasteiger partial charge >= 0.3 is 0 Å². The highest BCUT2D eigenvalue weighted by Crippen LogP contribution is 2.09. The van der Waals surface area contributed by atoms with Crippen molar-refractivity contribution in [3.05, 3.63) is 23.9 Å². The number of rotatable bonds is 10. The molecule has 1 rings (SSSR count). The minimum absolute atomic E-state index is 0. The number of pyridine rings is 1. The smallest absolute Gasteiger partial charge is 0.213 e. The van der Waals surface area contributed by atoms with Crippen molar-refractivity contribution in [3.63, 3.8) is 0 Å². The molecule has 0 bridgehead atoms. The van der Waals surface area contributed by atoms with E-state index in [0.717, 1.165) is 44.2 Å². The van der Waals surface area contributed by atoms with Crippen LogP contribution >= 0.6 is 24.0 Å². The molecule has 138 valence electrons. The SMILES string of the molecule is CCNC(=NCc1ccnc(OC)c1)NCCCOCC(C)C.I. The Morgan fingerprint density at radius 1 is 1.33 bits per heavy atom. The van der Waals surface area contributed by atoms with Crippen LogP contribution in [0, 0.1) is 5.92 Å². The van der Waals surface area contributed by atoms with Crippen molar-refractivity contribution in [2.24, 2.45) is 10.9 Å². The third-order valence-electron chi connectivity index (χ3n) is 2.98. The van der Waals surface area contributed by atoms with Crippen LogP contribution in [0.4, 0.5) is 0 Å². The monoisotopic (exact) mass is 450 g/mol. The Bertz CT molecular complexity index is 470. The third kappa shape index (κ3) is 10.6. The predicted molar refractivity (Wildman–Crippen MR) is 109 cm³/mol. The maximum atomic E-state index is 5.57. The Morgan fingerprint density at radius 3 is 2.79 bits per heavy atom. The molecule has 0 aromatic carbocycles. The van der Waals surface area contributed by atoms with Gasteiger partial charge in [-0.05, 0) is 30.9 Å². The summed E-state index contributed by atoms with van der Waals surface area (Å²) in [6.07, 6.45) is 2.69. The number of methoxy groups -OCH3 is 1. The normalized spacial score (nSPS) is 11.1. The van der Waals surface area contributed by atoms with E-state index in [1.807, 2.05) is 12.1 Å². The van der Waals surface area contributed by atoms with Crippen LogP contribution in [-0.2, 0) is 11.3 Å². The first-order valence-electron chi connectivity index (χ1n) is 8.24. The van der Waals surface area contributed by atoms with Gasteiger partial charge in [-0.2, -0.15) is 0 Å². The molecule has 0 radical (unpaired) electrons. The molecule has 1 aromatic heterocycles. The maximum Gasteiger partial charge on any atom is 0.213 e. The van der Waals surface area contributed by atoms with Crippen LogP contribution in [-0.4, -0.2) is 44.4 Å². The maximum absolute atomic E-state index is 5.57. The Morgan fingerprint density at radius 2 is 2.12 bits per heavy atom. The van der Waals surface area contributed by atoms with Crippen molar-refractivity contribution < 1.29 is 9.47 Å². The minimum Gasteiger partial charge on any atom is -0.481 e. The van der Waals surface area contributed by atoms with E-state index in [4.69, 9.17) is 9.47 Å². The molecule has 0 aliphatic carbocycles. The molecule has 6 nitrogen and oxygen atoms in total. The summed E-state index contributed by atoms with van der Waals surface area (Å²) < 4.78 is 10.7. The number of aliphatic imine (C=N–C) groups is 1. The number of ether oxygens (including phenoxy) is 2. The van der Waals surface area contributed by atoms with Crippen LogP contribution in [0.3, 0.4) is 0 Å². The number of hydrogen-bond donors (Lipinski definition) is 2. The molecule has 1 aromatic rings. The van der Waals surface area contributed by atoms with Gasteiger partial charge in [-0.25, -0.2) is 9.98 Å². The van der Waals surface area contributed by atoms with Gasteiger partial charge in [0.1, 0.15) is 0 Å². The van der Waals surface area contributed by atoms with Gasteiger partial charge in [-0.3, -0.25) is 0 Å². The van der Waals surface area contributed by atoms with Crippen molar-refractivity contribution in [2.75, 3.05) is 33.4 Å². The Labute approximate surface area is 162 Å². The molecule has 0 fully saturated rings. The third-order valence-corrected chi connectivity index (χ3v) is 2.98. The van der Waals surface area contributed by atoms with Crippen LogP contribution in [0.5, 0.6) is 5.88 Å². The van der Waals surface area contributed by atoms with E-state index in [-0.39, 0.29) is 24.0 Å². The van der Waals surface area contributed by atoms with E-state index in [0.29, 0.717) is 18.3 Å². The molecule has 0 spiro atoms. The highest BCUT2D eigenvalue weighted by Gasteiger charge is 2.00. The van der Waals surface area contributed by atoms with Crippen LogP contribution in [0.15, 0.2) is 23.3 Å². The van der Waals surface area contributed by atoms with Crippen molar-refractivity contribution in [1.82, 2.24) is 15.6 Å². The average Bonchev–Trinajstić information content (AvgIpc) is 2.55. The number of nitrogens with zero attached hydrogens (tertiary/aromatic N) is 2. The summed E-state index contributed by atoms with van der Waals surface area (Å²) in [6.45, 7) is 10.2. The van der Waals surface area contributed by atoms with Crippen LogP contribution in [0.2, 0.25) is 0 Å². The summed E-state index contributed by atoms with van der Waals surface area (Å²) in [7, 11) is 1.61. The molecule has 0 aliphatic rings. The molecule has 0 saturated heterocycles. The average molecular weight is 450 g/mol. The fourth-order valence-corrected chi connectivity index (χ4v) is 1.87. The molecule has 2 N–H and O–H groups in total. The van der Waals surface area contributed by atoms with Crippen molar-refractivity contribution >= 4 is 29.9 Å². The quantitative estimate of drug-likeness (QED) is 0.248. The lowest BCUT2D eigenvalue weighted by molar-refractivity contribution is 0.108. The number of aromatic nitrogens is 1. The molecular weight excluding hydrogens is 419 g/mol. The molecule has 0 amide bonds. The molecule has 1 heterocycles. The first kappa shape index (κ1) is 22.9. The van der Waals surface area contributed by atoms with Crippen LogP contribution in [0.1, 0.15) is 32.8 Å². The van der Waals surface area contributed by atoms with E-state index in [9.17, 15) is 0 Å². The topological polar surface area (TPSA) is 67.8 Å². The fourth-order valence-electron chi connectivity index (χ4n) is 1.87. The molecule has 0 atom stereocenters. The number of guanidine groups is 1. The van der Waals surface area contributed by atoms with Gasteiger partial charge < -0.3 is 20.1 Å². The number of hydrogen-bond acceptors (Lipinski definition) is 4. The second-order valence-corrected chi connectivity index (χ2v) is 5.65. The molecule has 24 heavy (non-hydrogen) atoms. The second kappa shape index (κ2) is 14.3. The summed E-state index contributed by atoms with van der Waals surface area (Å²) >= 11 is 0. The number of nitrogens with one attached hydrogen (secondary N) is 2. The van der Waals surface area contributed by atoms with Gasteiger partial charge in [0.05, 0.1) is 13.7 Å². The highest BCUT2D eigenvalue weighted by atomic mass is 127. The standard InChI is InChI=1S/C17H30N4O2.HI/c1-5-18-17(20-8-6-10-23-13-14(2)3)21-12-15-7-9-19-16(11-15)22-4;/h7,9,11,14H,5-6,8,10,12-13H2,1-4H3,(H2,18,20,21);1H. The lowest BCUT2D eigenvalue weighted by Crippen LogP contribution is -2.38. The lowest BCUT2D eigenvalue weighted by Gasteiger charge is -2.12. The van der Waals surface area contributed by atoms with E-state index >= 15 is 0 Å². The molecule has 7 heteroatoms. The second-order valence-electron chi connectivity index (χ2n) is 5.65. The lowest BCUT2D eigenvalue weighted by atomic mass is 10.2. The van der Waals surface area contributed by atoms with Crippen molar-refractivity contribution in [3.8, 4) is 5.88 Å². The summed E-state index contributed by atoms with van der Waals surface area (Å²) in [5, 5.41) is 6.56. The molecule has 0 saturated carbocycles. The van der Waals surface area contributed by atoms with Crippen molar-refractivity contribution in [1.29, 1.82) is 0 Å². The van der Waals surface area contributed by atoms with Gasteiger partial charge in [0.25, 0.3) is 0 Å². The van der Waals surface area contributed by atoms with Crippen LogP contribution < -0.4 is 15.4 Å². The highest BCUT2D eigenvalue weighted by molar-refractivity contribution is 14.0. The van der Waals surface area contributed by atoms with Gasteiger partial charge in [-0.1, -0.05) is 13.8 Å². The van der Waals surface area contributed by atoms with Gasteiger partial charge in [-0.15, -0.1) is 24.0 Å². The number of halogens is 1. The largest absolute Gasteiger partial charge is 0.481 e. The van der Waals surface area contributed by atoms with Gasteiger partial charge in [0.15, 0.2) is 5.96 Å². The predicted octanol–water partition coefficient (Wildman–Crippen LogP) is 2.83. The molecule has 0 unspecified atom stereocenters. The summed E-state index contributed by atoms with van der Waals surface area (Å²) in [6, 6.07) is 3.84. The van der Waals surface area contributed by atoms with E-state index in [1.165, 1.54) is 0 Å². The Balaban J connectivity index is 0.00000529. The van der Waals surface area contributed by atoms with Gasteiger partial charge in [0.2, 0.25) is 5.88 Å². The zero-order chi connectivity index (χ0) is 16.9. The summed E-state index contributed by atoms with van der Waals surface area (Å²) in [5.74, 6) is 2.00. The zero-order valence-electron chi connectivity index (χ0n) is 15.2.